The Hall–Kier alpha value is -5.25. The Bertz CT molecular complexity index is 1680. The Morgan fingerprint density at radius 2 is 1.72 bits per heavy atom. The van der Waals surface area contributed by atoms with Gasteiger partial charge in [0.25, 0.3) is 10.0 Å². The summed E-state index contributed by atoms with van der Waals surface area (Å²) in [6.45, 7) is 1.71. The summed E-state index contributed by atoms with van der Waals surface area (Å²) in [5.41, 5.74) is 1.66. The molecule has 2 aromatic carbocycles. The summed E-state index contributed by atoms with van der Waals surface area (Å²) in [6.07, 6.45) is 3.52. The summed E-state index contributed by atoms with van der Waals surface area (Å²) in [5.74, 6) is -2.90. The van der Waals surface area contributed by atoms with E-state index in [2.05, 4.69) is 25.9 Å². The van der Waals surface area contributed by atoms with Crippen molar-refractivity contribution in [2.75, 3.05) is 13.1 Å². The van der Waals surface area contributed by atoms with Crippen molar-refractivity contribution in [3.8, 4) is 0 Å². The molecule has 3 atom stereocenters. The number of aromatic amines is 1. The van der Waals surface area contributed by atoms with Gasteiger partial charge in [0.15, 0.2) is 0 Å². The fraction of sp³-hybridized carbons (Fsp3) is 0.355. The summed E-state index contributed by atoms with van der Waals surface area (Å²) in [5, 5.41) is 17.0. The van der Waals surface area contributed by atoms with Gasteiger partial charge in [-0.15, -0.1) is 0 Å². The van der Waals surface area contributed by atoms with Crippen molar-refractivity contribution in [2.45, 2.75) is 62.0 Å². The minimum Gasteiger partial charge on any atom is -0.480 e. The van der Waals surface area contributed by atoms with E-state index in [0.29, 0.717) is 29.7 Å². The Morgan fingerprint density at radius 3 is 2.40 bits per heavy atom. The van der Waals surface area contributed by atoms with Crippen LogP contribution in [0.15, 0.2) is 72.0 Å². The number of carboxylic acid groups (broad SMARTS) is 1. The summed E-state index contributed by atoms with van der Waals surface area (Å²) in [6, 6.07) is 10.6. The molecule has 0 bridgehead atoms. The number of carbonyl (C=O) groups is 5. The predicted molar refractivity (Wildman–Crippen MR) is 168 cm³/mol. The van der Waals surface area contributed by atoms with Crippen molar-refractivity contribution in [3.63, 3.8) is 0 Å². The second-order valence-electron chi connectivity index (χ2n) is 11.1. The van der Waals surface area contributed by atoms with Crippen LogP contribution in [0, 0.1) is 6.92 Å². The topological polar surface area (TPSA) is 220 Å². The number of benzene rings is 2. The average Bonchev–Trinajstić information content (AvgIpc) is 3.73. The number of urea groups is 1. The normalized spacial score (nSPS) is 15.7. The van der Waals surface area contributed by atoms with Gasteiger partial charge in [0.05, 0.1) is 11.2 Å². The van der Waals surface area contributed by atoms with Crippen LogP contribution in [-0.4, -0.2) is 89.3 Å². The highest BCUT2D eigenvalue weighted by Gasteiger charge is 2.38. The average molecular weight is 668 g/mol. The number of likely N-dealkylation sites (tertiary alicyclic amines) is 1. The zero-order chi connectivity index (χ0) is 34.0. The third-order valence-corrected chi connectivity index (χ3v) is 9.09. The Kier molecular flexibility index (Phi) is 11.7. The third kappa shape index (κ3) is 9.62. The first-order chi connectivity index (χ1) is 22.4. The van der Waals surface area contributed by atoms with Crippen LogP contribution in [0.1, 0.15) is 36.1 Å². The van der Waals surface area contributed by atoms with Gasteiger partial charge in [0.1, 0.15) is 18.1 Å². The highest BCUT2D eigenvalue weighted by molar-refractivity contribution is 7.90. The molecule has 1 fully saturated rings. The molecule has 47 heavy (non-hydrogen) atoms. The molecule has 1 aliphatic heterocycles. The second kappa shape index (κ2) is 15.8. The largest absolute Gasteiger partial charge is 0.480 e. The molecular formula is C31H37N7O8S. The van der Waals surface area contributed by atoms with Crippen molar-refractivity contribution in [2.24, 2.45) is 0 Å². The number of aryl methyl sites for hydroxylation is 1. The lowest BCUT2D eigenvalue weighted by atomic mass is 10.0. The maximum Gasteiger partial charge on any atom is 0.329 e. The summed E-state index contributed by atoms with van der Waals surface area (Å²) < 4.78 is 27.8. The predicted octanol–water partition coefficient (Wildman–Crippen LogP) is 0.627. The van der Waals surface area contributed by atoms with Crippen LogP contribution in [0.4, 0.5) is 4.79 Å². The van der Waals surface area contributed by atoms with E-state index in [1.807, 2.05) is 4.72 Å². The number of carbonyl (C=O) groups excluding carboxylic acids is 4. The van der Waals surface area contributed by atoms with E-state index in [1.165, 1.54) is 29.6 Å². The minimum absolute atomic E-state index is 0.000606. The van der Waals surface area contributed by atoms with Crippen LogP contribution in [-0.2, 0) is 42.0 Å². The number of sulfonamides is 1. The van der Waals surface area contributed by atoms with Crippen molar-refractivity contribution in [3.05, 3.63) is 83.9 Å². The molecule has 0 spiro atoms. The van der Waals surface area contributed by atoms with Gasteiger partial charge in [-0.1, -0.05) is 48.5 Å². The molecule has 3 aromatic rings. The first-order valence-corrected chi connectivity index (χ1v) is 16.4. The first-order valence-electron chi connectivity index (χ1n) is 14.9. The number of nitrogens with one attached hydrogen (secondary N) is 5. The number of aromatic nitrogens is 2. The number of hydrogen-bond donors (Lipinski definition) is 6. The van der Waals surface area contributed by atoms with Gasteiger partial charge in [-0.05, 0) is 37.0 Å². The van der Waals surface area contributed by atoms with Gasteiger partial charge >= 0.3 is 12.0 Å². The Labute approximate surface area is 271 Å². The molecular weight excluding hydrogens is 630 g/mol. The zero-order valence-electron chi connectivity index (χ0n) is 25.6. The van der Waals surface area contributed by atoms with Crippen LogP contribution in [0.5, 0.6) is 0 Å². The van der Waals surface area contributed by atoms with Gasteiger partial charge < -0.3 is 30.9 Å². The number of hydrogen-bond acceptors (Lipinski definition) is 8. The molecule has 16 heteroatoms. The quantitative estimate of drug-likeness (QED) is 0.142. The molecule has 4 rings (SSSR count). The van der Waals surface area contributed by atoms with E-state index >= 15 is 0 Å². The number of nitrogens with zero attached hydrogens (tertiary/aromatic N) is 2. The molecule has 250 valence electrons. The van der Waals surface area contributed by atoms with Crippen LogP contribution >= 0.6 is 0 Å². The lowest BCUT2D eigenvalue weighted by molar-refractivity contribution is -0.141. The second-order valence-corrected chi connectivity index (χ2v) is 12.7. The number of carboxylic acids is 1. The van der Waals surface area contributed by atoms with Crippen molar-refractivity contribution in [1.29, 1.82) is 0 Å². The molecule has 0 aliphatic carbocycles. The molecule has 1 aromatic heterocycles. The minimum atomic E-state index is -4.24. The van der Waals surface area contributed by atoms with Crippen molar-refractivity contribution < 1.29 is 37.5 Å². The molecule has 0 radical (unpaired) electrons. The fourth-order valence-corrected chi connectivity index (χ4v) is 6.44. The van der Waals surface area contributed by atoms with E-state index in [1.54, 1.807) is 49.4 Å². The number of aliphatic carboxylic acids is 1. The van der Waals surface area contributed by atoms with Gasteiger partial charge in [0, 0.05) is 44.2 Å². The smallest absolute Gasteiger partial charge is 0.329 e. The highest BCUT2D eigenvalue weighted by Crippen LogP contribution is 2.20. The van der Waals surface area contributed by atoms with E-state index in [4.69, 9.17) is 0 Å². The zero-order valence-corrected chi connectivity index (χ0v) is 26.5. The van der Waals surface area contributed by atoms with Gasteiger partial charge in [-0.2, -0.15) is 0 Å². The molecule has 5 amide bonds. The Balaban J connectivity index is 1.38. The first kappa shape index (κ1) is 34.6. The molecule has 15 nitrogen and oxygen atoms in total. The summed E-state index contributed by atoms with van der Waals surface area (Å²) >= 11 is 0. The summed E-state index contributed by atoms with van der Waals surface area (Å²) in [4.78, 5) is 71.8. The molecule has 0 saturated carbocycles. The lowest BCUT2D eigenvalue weighted by Gasteiger charge is -2.29. The maximum atomic E-state index is 13.8. The van der Waals surface area contributed by atoms with Gasteiger partial charge in [-0.25, -0.2) is 27.7 Å². The van der Waals surface area contributed by atoms with E-state index in [0.717, 1.165) is 0 Å². The van der Waals surface area contributed by atoms with E-state index in [9.17, 15) is 37.5 Å². The highest BCUT2D eigenvalue weighted by atomic mass is 32.2. The summed E-state index contributed by atoms with van der Waals surface area (Å²) in [7, 11) is -4.24. The van der Waals surface area contributed by atoms with Crippen LogP contribution in [0.25, 0.3) is 0 Å². The monoisotopic (exact) mass is 667 g/mol. The standard InChI is InChI=1S/C31H37N7O8S/c1-20-8-5-6-12-26(20)47(45,46)37-31(44)36-23(16-21-9-3-2-4-10-21)29(41)38-15-7-11-25(38)28(40)33-14-13-27(39)35-24(30(42)43)17-22-18-32-19-34-22/h2-6,8-10,12,18-19,23-25H,7,11,13-17H2,1H3,(H,32,34)(H,33,40)(H,35,39)(H,42,43)(H2,36,37,44)/t23-,24-,25-/m0/s1. The third-order valence-electron chi connectivity index (χ3n) is 7.60. The number of imidazole rings is 1. The maximum absolute atomic E-state index is 13.8. The van der Waals surface area contributed by atoms with Crippen LogP contribution in [0.3, 0.4) is 0 Å². The molecule has 0 unspecified atom stereocenters. The SMILES string of the molecule is Cc1ccccc1S(=O)(=O)NC(=O)N[C@@H](Cc1ccccc1)C(=O)N1CCC[C@H]1C(=O)NCCC(=O)N[C@@H](Cc1cnc[nH]1)C(=O)O. The van der Waals surface area contributed by atoms with E-state index < -0.39 is 57.9 Å². The van der Waals surface area contributed by atoms with Gasteiger partial charge in [-0.3, -0.25) is 14.4 Å². The molecule has 1 saturated heterocycles. The van der Waals surface area contributed by atoms with Crippen molar-refractivity contribution >= 4 is 39.7 Å². The number of amides is 5. The van der Waals surface area contributed by atoms with Crippen LogP contribution in [0.2, 0.25) is 0 Å². The van der Waals surface area contributed by atoms with E-state index in [-0.39, 0.29) is 37.2 Å². The molecule has 1 aliphatic rings. The molecule has 6 N–H and O–H groups in total. The number of H-pyrrole nitrogens is 1. The van der Waals surface area contributed by atoms with Gasteiger partial charge in [0.2, 0.25) is 17.7 Å². The number of rotatable bonds is 14. The van der Waals surface area contributed by atoms with Crippen LogP contribution < -0.4 is 20.7 Å². The lowest BCUT2D eigenvalue weighted by Crippen LogP contribution is -2.56. The Morgan fingerprint density at radius 1 is 1.00 bits per heavy atom. The molecule has 2 heterocycles. The van der Waals surface area contributed by atoms with Crippen molar-refractivity contribution in [1.82, 2.24) is 35.5 Å². The fourth-order valence-electron chi connectivity index (χ4n) is 5.28.